The maximum atomic E-state index is 11.6. The van der Waals surface area contributed by atoms with Crippen LogP contribution in [0.1, 0.15) is 27.2 Å². The molecule has 0 rings (SSSR count). The molecule has 0 saturated heterocycles. The lowest BCUT2D eigenvalue weighted by Crippen LogP contribution is -2.43. The number of hydrogen-bond acceptors (Lipinski definition) is 4. The first-order chi connectivity index (χ1) is 8.11. The van der Waals surface area contributed by atoms with Crippen LogP contribution in [0.4, 0.5) is 0 Å². The van der Waals surface area contributed by atoms with Crippen LogP contribution >= 0.6 is 0 Å². The number of aliphatic carboxylic acids is 1. The Kier molecular flexibility index (Phi) is 5.77. The summed E-state index contributed by atoms with van der Waals surface area (Å²) < 4.78 is 0. The Hall–Kier alpha value is -1.63. The zero-order valence-corrected chi connectivity index (χ0v) is 10.8. The second kappa shape index (κ2) is 6.34. The van der Waals surface area contributed by atoms with Crippen LogP contribution in [0.2, 0.25) is 0 Å². The van der Waals surface area contributed by atoms with E-state index in [0.717, 1.165) is 0 Å². The number of nitrogens with two attached hydrogens (primary N) is 1. The molecular formula is C11H20N2O5. The number of amides is 2. The number of rotatable bonds is 7. The standard InChI is InChI=1S/C11H20N2O5/c1-6(2)11(3,10(17)18)4-8(15)13-5-7(14)9(12)16/h6-7,14H,4-5H2,1-3H3,(H2,12,16)(H,13,15)(H,17,18). The van der Waals surface area contributed by atoms with Crippen LogP contribution in [0.15, 0.2) is 0 Å². The van der Waals surface area contributed by atoms with Crippen molar-refractivity contribution in [2.75, 3.05) is 6.54 Å². The minimum Gasteiger partial charge on any atom is -0.481 e. The molecule has 18 heavy (non-hydrogen) atoms. The minimum atomic E-state index is -1.47. The van der Waals surface area contributed by atoms with Crippen LogP contribution in [0, 0.1) is 11.3 Å². The number of nitrogens with one attached hydrogen (secondary N) is 1. The van der Waals surface area contributed by atoms with Crippen molar-refractivity contribution in [3.05, 3.63) is 0 Å². The molecule has 0 aromatic heterocycles. The van der Waals surface area contributed by atoms with Gasteiger partial charge in [0.05, 0.1) is 12.0 Å². The zero-order chi connectivity index (χ0) is 14.5. The molecule has 5 N–H and O–H groups in total. The van der Waals surface area contributed by atoms with Crippen molar-refractivity contribution in [2.45, 2.75) is 33.3 Å². The SMILES string of the molecule is CC(C)C(C)(CC(=O)NCC(O)C(N)=O)C(=O)O. The van der Waals surface area contributed by atoms with Crippen molar-refractivity contribution < 1.29 is 24.6 Å². The van der Waals surface area contributed by atoms with Crippen LogP contribution < -0.4 is 11.1 Å². The molecule has 0 aliphatic heterocycles. The van der Waals surface area contributed by atoms with Gasteiger partial charge in [0.1, 0.15) is 6.10 Å². The molecule has 7 heteroatoms. The number of hydrogen-bond donors (Lipinski definition) is 4. The molecule has 0 aromatic rings. The van der Waals surface area contributed by atoms with Crippen molar-refractivity contribution in [3.8, 4) is 0 Å². The lowest BCUT2D eigenvalue weighted by Gasteiger charge is -2.28. The normalized spacial score (nSPS) is 15.8. The number of carbonyl (C=O) groups excluding carboxylic acids is 2. The third-order valence-corrected chi connectivity index (χ3v) is 3.11. The Labute approximate surface area is 105 Å². The van der Waals surface area contributed by atoms with Gasteiger partial charge in [0.25, 0.3) is 0 Å². The molecule has 0 aromatic carbocycles. The largest absolute Gasteiger partial charge is 0.481 e. The van der Waals surface area contributed by atoms with E-state index in [1.165, 1.54) is 6.92 Å². The van der Waals surface area contributed by atoms with Gasteiger partial charge in [-0.2, -0.15) is 0 Å². The molecule has 0 spiro atoms. The molecule has 2 atom stereocenters. The van der Waals surface area contributed by atoms with Gasteiger partial charge in [-0.1, -0.05) is 13.8 Å². The Morgan fingerprint density at radius 3 is 2.17 bits per heavy atom. The lowest BCUT2D eigenvalue weighted by atomic mass is 9.76. The maximum Gasteiger partial charge on any atom is 0.310 e. The predicted molar refractivity (Wildman–Crippen MR) is 63.4 cm³/mol. The summed E-state index contributed by atoms with van der Waals surface area (Å²) in [5.41, 5.74) is 3.62. The van der Waals surface area contributed by atoms with Crippen molar-refractivity contribution in [1.29, 1.82) is 0 Å². The number of aliphatic hydroxyl groups is 1. The first kappa shape index (κ1) is 16.4. The molecular weight excluding hydrogens is 240 g/mol. The molecule has 0 aliphatic rings. The van der Waals surface area contributed by atoms with E-state index >= 15 is 0 Å². The number of carboxylic acid groups (broad SMARTS) is 1. The highest BCUT2D eigenvalue weighted by Crippen LogP contribution is 2.31. The molecule has 0 aliphatic carbocycles. The number of carboxylic acids is 1. The summed E-state index contributed by atoms with van der Waals surface area (Å²) in [5, 5.41) is 20.5. The molecule has 0 bridgehead atoms. The topological polar surface area (TPSA) is 130 Å². The van der Waals surface area contributed by atoms with E-state index in [1.54, 1.807) is 13.8 Å². The van der Waals surface area contributed by atoms with Crippen LogP contribution in [0.3, 0.4) is 0 Å². The third-order valence-electron chi connectivity index (χ3n) is 3.11. The third kappa shape index (κ3) is 4.33. The van der Waals surface area contributed by atoms with E-state index in [1.807, 2.05) is 0 Å². The van der Waals surface area contributed by atoms with Crippen molar-refractivity contribution in [3.63, 3.8) is 0 Å². The van der Waals surface area contributed by atoms with Gasteiger partial charge in [-0.05, 0) is 12.8 Å². The average molecular weight is 260 g/mol. The predicted octanol–water partition coefficient (Wildman–Crippen LogP) is -0.914. The number of carbonyl (C=O) groups is 3. The van der Waals surface area contributed by atoms with E-state index in [9.17, 15) is 14.4 Å². The number of aliphatic hydroxyl groups excluding tert-OH is 1. The van der Waals surface area contributed by atoms with Crippen molar-refractivity contribution in [1.82, 2.24) is 5.32 Å². The molecule has 0 radical (unpaired) electrons. The lowest BCUT2D eigenvalue weighted by molar-refractivity contribution is -0.153. The highest BCUT2D eigenvalue weighted by molar-refractivity contribution is 5.85. The van der Waals surface area contributed by atoms with Gasteiger partial charge < -0.3 is 21.3 Å². The van der Waals surface area contributed by atoms with Crippen LogP contribution in [0.5, 0.6) is 0 Å². The average Bonchev–Trinajstić information content (AvgIpc) is 2.24. The van der Waals surface area contributed by atoms with Crippen LogP contribution in [0.25, 0.3) is 0 Å². The Bertz CT molecular complexity index is 342. The van der Waals surface area contributed by atoms with Crippen LogP contribution in [-0.2, 0) is 14.4 Å². The summed E-state index contributed by atoms with van der Waals surface area (Å²) in [6, 6.07) is 0. The van der Waals surface area contributed by atoms with Crippen LogP contribution in [-0.4, -0.2) is 40.6 Å². The van der Waals surface area contributed by atoms with E-state index in [-0.39, 0.29) is 18.9 Å². The maximum absolute atomic E-state index is 11.6. The van der Waals surface area contributed by atoms with Gasteiger partial charge in [0, 0.05) is 6.42 Å². The monoisotopic (exact) mass is 260 g/mol. The summed E-state index contributed by atoms with van der Waals surface area (Å²) in [6.07, 6.45) is -1.70. The molecule has 0 heterocycles. The highest BCUT2D eigenvalue weighted by Gasteiger charge is 2.38. The summed E-state index contributed by atoms with van der Waals surface area (Å²) in [4.78, 5) is 33.2. The Balaban J connectivity index is 4.46. The second-order valence-corrected chi connectivity index (χ2v) is 4.78. The second-order valence-electron chi connectivity index (χ2n) is 4.78. The van der Waals surface area contributed by atoms with E-state index in [4.69, 9.17) is 15.9 Å². The fraction of sp³-hybridized carbons (Fsp3) is 0.727. The van der Waals surface area contributed by atoms with Gasteiger partial charge >= 0.3 is 5.97 Å². The van der Waals surface area contributed by atoms with E-state index in [2.05, 4.69) is 5.32 Å². The van der Waals surface area contributed by atoms with Gasteiger partial charge in [0.15, 0.2) is 0 Å². The molecule has 0 fully saturated rings. The summed E-state index contributed by atoms with van der Waals surface area (Å²) >= 11 is 0. The van der Waals surface area contributed by atoms with Gasteiger partial charge in [-0.3, -0.25) is 14.4 Å². The number of primary amides is 1. The quantitative estimate of drug-likeness (QED) is 0.470. The zero-order valence-electron chi connectivity index (χ0n) is 10.8. The first-order valence-corrected chi connectivity index (χ1v) is 5.58. The molecule has 0 saturated carbocycles. The fourth-order valence-corrected chi connectivity index (χ4v) is 1.23. The summed E-state index contributed by atoms with van der Waals surface area (Å²) in [7, 11) is 0. The minimum absolute atomic E-state index is 0.231. The molecule has 7 nitrogen and oxygen atoms in total. The van der Waals surface area contributed by atoms with Crippen molar-refractivity contribution in [2.24, 2.45) is 17.1 Å². The molecule has 104 valence electrons. The van der Waals surface area contributed by atoms with Gasteiger partial charge in [-0.25, -0.2) is 0 Å². The Morgan fingerprint density at radius 2 is 1.83 bits per heavy atom. The van der Waals surface area contributed by atoms with Crippen molar-refractivity contribution >= 4 is 17.8 Å². The summed E-state index contributed by atoms with van der Waals surface area (Å²) in [6.45, 7) is 4.57. The van der Waals surface area contributed by atoms with Gasteiger partial charge in [-0.15, -0.1) is 0 Å². The van der Waals surface area contributed by atoms with Gasteiger partial charge in [0.2, 0.25) is 11.8 Å². The fourth-order valence-electron chi connectivity index (χ4n) is 1.23. The van der Waals surface area contributed by atoms with E-state index < -0.39 is 29.3 Å². The smallest absolute Gasteiger partial charge is 0.310 e. The van der Waals surface area contributed by atoms with E-state index in [0.29, 0.717) is 0 Å². The summed E-state index contributed by atoms with van der Waals surface area (Å²) in [5.74, 6) is -2.79. The highest BCUT2D eigenvalue weighted by atomic mass is 16.4. The Morgan fingerprint density at radius 1 is 1.33 bits per heavy atom. The molecule has 2 unspecified atom stereocenters. The molecule has 2 amide bonds. The first-order valence-electron chi connectivity index (χ1n) is 5.58.